The molecule has 0 aliphatic carbocycles. The Morgan fingerprint density at radius 1 is 1.28 bits per heavy atom. The molecule has 3 N–H and O–H groups in total. The Morgan fingerprint density at radius 3 is 2.44 bits per heavy atom. The molecular weight excluding hydrogens is 258 g/mol. The second-order valence-electron chi connectivity index (χ2n) is 3.77. The molecule has 102 valence electrons. The lowest BCUT2D eigenvalue weighted by atomic mass is 10.0. The number of benzene rings is 1. The summed E-state index contributed by atoms with van der Waals surface area (Å²) in [4.78, 5) is 0. The number of aliphatic hydroxyl groups is 2. The van der Waals surface area contributed by atoms with Crippen LogP contribution in [0, 0.1) is 0 Å². The summed E-state index contributed by atoms with van der Waals surface area (Å²) in [6, 6.07) is 3.24. The van der Waals surface area contributed by atoms with Crippen molar-refractivity contribution in [2.75, 3.05) is 27.8 Å². The normalized spacial score (nSPS) is 14.1. The molecule has 0 saturated carbocycles. The Labute approximate surface area is 111 Å². The van der Waals surface area contributed by atoms with Gasteiger partial charge in [0, 0.05) is 12.1 Å². The van der Waals surface area contributed by atoms with Crippen molar-refractivity contribution in [3.8, 4) is 11.5 Å². The molecule has 0 aliphatic heterocycles. The van der Waals surface area contributed by atoms with Gasteiger partial charge in [0.1, 0.15) is 6.10 Å². The van der Waals surface area contributed by atoms with Crippen molar-refractivity contribution < 1.29 is 19.7 Å². The minimum Gasteiger partial charge on any atom is -0.493 e. The van der Waals surface area contributed by atoms with Crippen molar-refractivity contribution in [2.24, 2.45) is 0 Å². The Balaban J connectivity index is 3.10. The number of aliphatic hydroxyl groups excluding tert-OH is 2. The molecule has 1 aromatic carbocycles. The van der Waals surface area contributed by atoms with Crippen LogP contribution >= 0.6 is 11.6 Å². The minimum absolute atomic E-state index is 0.236. The maximum Gasteiger partial charge on any atom is 0.179 e. The third-order valence-electron chi connectivity index (χ3n) is 2.61. The molecule has 2 atom stereocenters. The van der Waals surface area contributed by atoms with Gasteiger partial charge < -0.3 is 25.0 Å². The molecule has 0 aliphatic rings. The zero-order valence-electron chi connectivity index (χ0n) is 10.6. The van der Waals surface area contributed by atoms with E-state index >= 15 is 0 Å². The van der Waals surface area contributed by atoms with Crippen molar-refractivity contribution in [2.45, 2.75) is 12.2 Å². The van der Waals surface area contributed by atoms with Gasteiger partial charge >= 0.3 is 0 Å². The monoisotopic (exact) mass is 275 g/mol. The average Bonchev–Trinajstić information content (AvgIpc) is 2.37. The van der Waals surface area contributed by atoms with Crippen LogP contribution < -0.4 is 14.8 Å². The number of methoxy groups -OCH3 is 2. The first-order valence-electron chi connectivity index (χ1n) is 5.47. The highest BCUT2D eigenvalue weighted by Gasteiger charge is 2.23. The van der Waals surface area contributed by atoms with Crippen LogP contribution in [0.15, 0.2) is 12.1 Å². The van der Waals surface area contributed by atoms with E-state index in [-0.39, 0.29) is 11.6 Å². The number of likely N-dealkylation sites (N-methyl/N-ethyl adjacent to an activating group) is 1. The van der Waals surface area contributed by atoms with Crippen LogP contribution in [0.3, 0.4) is 0 Å². The Bertz CT molecular complexity index is 400. The lowest BCUT2D eigenvalue weighted by Gasteiger charge is -2.20. The molecule has 0 fully saturated rings. The minimum atomic E-state index is -1.09. The highest BCUT2D eigenvalue weighted by atomic mass is 35.5. The molecule has 0 bridgehead atoms. The summed E-state index contributed by atoms with van der Waals surface area (Å²) in [5.41, 5.74) is 0.400. The first-order valence-corrected chi connectivity index (χ1v) is 5.85. The molecule has 0 amide bonds. The standard InChI is InChI=1S/C12H18ClNO4/c1-14-6-8(15)11(16)7-4-5-9(17-2)12(18-3)10(7)13/h4-5,8,11,14-16H,6H2,1-3H3. The molecule has 0 spiro atoms. The smallest absolute Gasteiger partial charge is 0.179 e. The van der Waals surface area contributed by atoms with Gasteiger partial charge in [0.25, 0.3) is 0 Å². The van der Waals surface area contributed by atoms with Crippen LogP contribution in [0.2, 0.25) is 5.02 Å². The molecule has 0 heterocycles. The van der Waals surface area contributed by atoms with E-state index in [0.29, 0.717) is 17.1 Å². The van der Waals surface area contributed by atoms with Crippen LogP contribution in [-0.2, 0) is 0 Å². The molecule has 6 heteroatoms. The maximum absolute atomic E-state index is 10.0. The van der Waals surface area contributed by atoms with Crippen LogP contribution in [-0.4, -0.2) is 44.1 Å². The topological polar surface area (TPSA) is 71.0 Å². The second-order valence-corrected chi connectivity index (χ2v) is 4.15. The van der Waals surface area contributed by atoms with E-state index in [1.807, 2.05) is 0 Å². The molecule has 2 unspecified atom stereocenters. The fourth-order valence-corrected chi connectivity index (χ4v) is 2.01. The summed E-state index contributed by atoms with van der Waals surface area (Å²) in [6.07, 6.45) is -2.05. The Kier molecular flexibility index (Phi) is 5.68. The van der Waals surface area contributed by atoms with E-state index in [4.69, 9.17) is 21.1 Å². The highest BCUT2D eigenvalue weighted by Crippen LogP contribution is 2.40. The van der Waals surface area contributed by atoms with Gasteiger partial charge in [0.05, 0.1) is 25.3 Å². The van der Waals surface area contributed by atoms with Gasteiger partial charge in [-0.15, -0.1) is 0 Å². The summed E-state index contributed by atoms with van der Waals surface area (Å²) >= 11 is 6.14. The number of halogens is 1. The summed E-state index contributed by atoms with van der Waals surface area (Å²) < 4.78 is 10.2. The average molecular weight is 276 g/mol. The predicted octanol–water partition coefficient (Wildman–Crippen LogP) is 0.971. The van der Waals surface area contributed by atoms with E-state index < -0.39 is 12.2 Å². The zero-order chi connectivity index (χ0) is 13.7. The molecule has 0 aromatic heterocycles. The summed E-state index contributed by atoms with van der Waals surface area (Å²) in [6.45, 7) is 0.256. The molecule has 5 nitrogen and oxygen atoms in total. The van der Waals surface area contributed by atoms with Crippen LogP contribution in [0.4, 0.5) is 0 Å². The van der Waals surface area contributed by atoms with E-state index in [9.17, 15) is 10.2 Å². The number of nitrogens with one attached hydrogen (secondary N) is 1. The second kappa shape index (κ2) is 6.80. The predicted molar refractivity (Wildman–Crippen MR) is 69.4 cm³/mol. The van der Waals surface area contributed by atoms with Gasteiger partial charge in [-0.2, -0.15) is 0 Å². The van der Waals surface area contributed by atoms with Gasteiger partial charge in [-0.3, -0.25) is 0 Å². The van der Waals surface area contributed by atoms with Crippen LogP contribution in [0.5, 0.6) is 11.5 Å². The van der Waals surface area contributed by atoms with E-state index in [1.165, 1.54) is 14.2 Å². The summed E-state index contributed by atoms with van der Waals surface area (Å²) in [5, 5.41) is 22.8. The van der Waals surface area contributed by atoms with Gasteiger partial charge in [-0.25, -0.2) is 0 Å². The fraction of sp³-hybridized carbons (Fsp3) is 0.500. The van der Waals surface area contributed by atoms with Crippen molar-refractivity contribution in [3.05, 3.63) is 22.7 Å². The Morgan fingerprint density at radius 2 is 1.94 bits per heavy atom. The third kappa shape index (κ3) is 3.05. The first-order chi connectivity index (χ1) is 8.56. The van der Waals surface area contributed by atoms with E-state index in [1.54, 1.807) is 19.2 Å². The molecule has 0 radical (unpaired) electrons. The first kappa shape index (κ1) is 15.0. The van der Waals surface area contributed by atoms with Crippen molar-refractivity contribution >= 4 is 11.6 Å². The highest BCUT2D eigenvalue weighted by molar-refractivity contribution is 6.33. The van der Waals surface area contributed by atoms with Gasteiger partial charge in [-0.05, 0) is 13.1 Å². The SMILES string of the molecule is CNCC(O)C(O)c1ccc(OC)c(OC)c1Cl. The van der Waals surface area contributed by atoms with Crippen LogP contribution in [0.1, 0.15) is 11.7 Å². The Hall–Kier alpha value is -1.01. The van der Waals surface area contributed by atoms with Gasteiger partial charge in [0.2, 0.25) is 0 Å². The number of hydrogen-bond acceptors (Lipinski definition) is 5. The van der Waals surface area contributed by atoms with Crippen LogP contribution in [0.25, 0.3) is 0 Å². The van der Waals surface area contributed by atoms with E-state index in [0.717, 1.165) is 0 Å². The quantitative estimate of drug-likeness (QED) is 0.722. The molecule has 18 heavy (non-hydrogen) atoms. The number of hydrogen-bond donors (Lipinski definition) is 3. The van der Waals surface area contributed by atoms with Crippen molar-refractivity contribution in [1.82, 2.24) is 5.32 Å². The molecule has 0 saturated heterocycles. The van der Waals surface area contributed by atoms with E-state index in [2.05, 4.69) is 5.32 Å². The van der Waals surface area contributed by atoms with Crippen molar-refractivity contribution in [3.63, 3.8) is 0 Å². The molecular formula is C12H18ClNO4. The number of ether oxygens (including phenoxy) is 2. The number of rotatable bonds is 6. The largest absolute Gasteiger partial charge is 0.493 e. The van der Waals surface area contributed by atoms with Gasteiger partial charge in [-0.1, -0.05) is 17.7 Å². The lowest BCUT2D eigenvalue weighted by Crippen LogP contribution is -2.29. The van der Waals surface area contributed by atoms with Gasteiger partial charge in [0.15, 0.2) is 11.5 Å². The summed E-state index contributed by atoms with van der Waals surface area (Å²) in [7, 11) is 4.65. The fourth-order valence-electron chi connectivity index (χ4n) is 1.66. The summed E-state index contributed by atoms with van der Waals surface area (Å²) in [5.74, 6) is 0.814. The zero-order valence-corrected chi connectivity index (χ0v) is 11.4. The van der Waals surface area contributed by atoms with Crippen molar-refractivity contribution in [1.29, 1.82) is 0 Å². The third-order valence-corrected chi connectivity index (χ3v) is 3.00. The maximum atomic E-state index is 10.0. The molecule has 1 rings (SSSR count). The lowest BCUT2D eigenvalue weighted by molar-refractivity contribution is 0.0201. The molecule has 1 aromatic rings.